The van der Waals surface area contributed by atoms with Crippen molar-refractivity contribution in [2.24, 2.45) is 0 Å². The van der Waals surface area contributed by atoms with Crippen molar-refractivity contribution < 1.29 is 9.90 Å². The van der Waals surface area contributed by atoms with Crippen LogP contribution in [0, 0.1) is 0 Å². The fraction of sp³-hybridized carbons (Fsp3) is 0.462. The maximum absolute atomic E-state index is 12.1. The first-order valence-corrected chi connectivity index (χ1v) is 6.49. The van der Waals surface area contributed by atoms with Crippen molar-refractivity contribution in [2.45, 2.75) is 37.8 Å². The standard InChI is InChI=1S/C13H17ClN2O2/c14-10-6-5-8(15)7-9(10)13(18)16-11-3-1-2-4-12(11)17/h5-7,11-12,17H,1-4,15H2,(H,16,18)/t11-,12-/m0/s1. The van der Waals surface area contributed by atoms with Gasteiger partial charge in [0.15, 0.2) is 0 Å². The van der Waals surface area contributed by atoms with E-state index in [1.54, 1.807) is 18.2 Å². The van der Waals surface area contributed by atoms with Gasteiger partial charge >= 0.3 is 0 Å². The van der Waals surface area contributed by atoms with Gasteiger partial charge in [0.25, 0.3) is 5.91 Å². The van der Waals surface area contributed by atoms with Crippen molar-refractivity contribution in [3.05, 3.63) is 28.8 Å². The van der Waals surface area contributed by atoms with E-state index in [9.17, 15) is 9.90 Å². The highest BCUT2D eigenvalue weighted by Crippen LogP contribution is 2.21. The molecule has 0 radical (unpaired) electrons. The van der Waals surface area contributed by atoms with E-state index in [0.717, 1.165) is 25.7 Å². The molecule has 1 aromatic rings. The predicted molar refractivity (Wildman–Crippen MR) is 71.6 cm³/mol. The Balaban J connectivity index is 2.09. The molecule has 98 valence electrons. The number of halogens is 1. The summed E-state index contributed by atoms with van der Waals surface area (Å²) in [7, 11) is 0. The van der Waals surface area contributed by atoms with Crippen LogP contribution in [-0.2, 0) is 0 Å². The summed E-state index contributed by atoms with van der Waals surface area (Å²) in [4.78, 5) is 12.1. The summed E-state index contributed by atoms with van der Waals surface area (Å²) in [5, 5.41) is 13.0. The fourth-order valence-corrected chi connectivity index (χ4v) is 2.45. The Hall–Kier alpha value is -1.26. The van der Waals surface area contributed by atoms with E-state index in [1.807, 2.05) is 0 Å². The largest absolute Gasteiger partial charge is 0.399 e. The summed E-state index contributed by atoms with van der Waals surface area (Å²) in [6.45, 7) is 0. The molecule has 1 aliphatic rings. The van der Waals surface area contributed by atoms with Gasteiger partial charge in [-0.15, -0.1) is 0 Å². The number of nitrogen functional groups attached to an aromatic ring is 1. The lowest BCUT2D eigenvalue weighted by Gasteiger charge is -2.28. The van der Waals surface area contributed by atoms with Crippen LogP contribution in [0.4, 0.5) is 5.69 Å². The summed E-state index contributed by atoms with van der Waals surface area (Å²) < 4.78 is 0. The quantitative estimate of drug-likeness (QED) is 0.718. The molecule has 1 amide bonds. The van der Waals surface area contributed by atoms with Crippen molar-refractivity contribution >= 4 is 23.2 Å². The van der Waals surface area contributed by atoms with Gasteiger partial charge in [-0.3, -0.25) is 4.79 Å². The van der Waals surface area contributed by atoms with Gasteiger partial charge in [-0.05, 0) is 31.0 Å². The highest BCUT2D eigenvalue weighted by Gasteiger charge is 2.25. The van der Waals surface area contributed by atoms with Gasteiger partial charge in [0.2, 0.25) is 0 Å². The summed E-state index contributed by atoms with van der Waals surface area (Å²) in [6.07, 6.45) is 3.09. The molecule has 2 atom stereocenters. The summed E-state index contributed by atoms with van der Waals surface area (Å²) >= 11 is 5.97. The smallest absolute Gasteiger partial charge is 0.253 e. The van der Waals surface area contributed by atoms with Crippen molar-refractivity contribution in [1.29, 1.82) is 0 Å². The van der Waals surface area contributed by atoms with Crippen LogP contribution in [0.15, 0.2) is 18.2 Å². The zero-order valence-electron chi connectivity index (χ0n) is 10.0. The molecule has 1 fully saturated rings. The molecule has 0 spiro atoms. The van der Waals surface area contributed by atoms with Gasteiger partial charge in [0, 0.05) is 5.69 Å². The van der Waals surface area contributed by atoms with Crippen molar-refractivity contribution in [1.82, 2.24) is 5.32 Å². The fourth-order valence-electron chi connectivity index (χ4n) is 2.24. The Bertz CT molecular complexity index is 451. The molecule has 0 aliphatic heterocycles. The average molecular weight is 269 g/mol. The second kappa shape index (κ2) is 5.59. The molecule has 0 saturated heterocycles. The number of nitrogens with two attached hydrogens (primary N) is 1. The van der Waals surface area contributed by atoms with Crippen molar-refractivity contribution in [3.63, 3.8) is 0 Å². The maximum Gasteiger partial charge on any atom is 0.253 e. The molecule has 4 nitrogen and oxygen atoms in total. The maximum atomic E-state index is 12.1. The molecule has 1 saturated carbocycles. The number of carbonyl (C=O) groups excluding carboxylic acids is 1. The third-order valence-electron chi connectivity index (χ3n) is 3.28. The molecule has 1 aromatic carbocycles. The Morgan fingerprint density at radius 3 is 2.83 bits per heavy atom. The van der Waals surface area contributed by atoms with Gasteiger partial charge in [-0.1, -0.05) is 24.4 Å². The Labute approximate surface area is 111 Å². The van der Waals surface area contributed by atoms with Gasteiger partial charge < -0.3 is 16.2 Å². The molecule has 1 aliphatic carbocycles. The number of aliphatic hydroxyl groups excluding tert-OH is 1. The molecule has 0 unspecified atom stereocenters. The van der Waals surface area contributed by atoms with Crippen LogP contribution < -0.4 is 11.1 Å². The normalized spacial score (nSPS) is 23.7. The topological polar surface area (TPSA) is 75.4 Å². The number of hydrogen-bond donors (Lipinski definition) is 3. The second-order valence-corrected chi connectivity index (χ2v) is 5.08. The zero-order chi connectivity index (χ0) is 13.1. The minimum Gasteiger partial charge on any atom is -0.399 e. The monoisotopic (exact) mass is 268 g/mol. The Morgan fingerprint density at radius 1 is 1.39 bits per heavy atom. The Kier molecular flexibility index (Phi) is 4.09. The first-order valence-electron chi connectivity index (χ1n) is 6.12. The lowest BCUT2D eigenvalue weighted by Crippen LogP contribution is -2.45. The number of anilines is 1. The number of carbonyl (C=O) groups is 1. The number of aliphatic hydroxyl groups is 1. The van der Waals surface area contributed by atoms with Gasteiger partial charge in [0.1, 0.15) is 0 Å². The number of amides is 1. The van der Waals surface area contributed by atoms with Crippen LogP contribution in [-0.4, -0.2) is 23.2 Å². The number of hydrogen-bond acceptors (Lipinski definition) is 3. The highest BCUT2D eigenvalue weighted by atomic mass is 35.5. The lowest BCUT2D eigenvalue weighted by molar-refractivity contribution is 0.0717. The molecule has 0 bridgehead atoms. The number of benzene rings is 1. The van der Waals surface area contributed by atoms with Gasteiger partial charge in [-0.2, -0.15) is 0 Å². The average Bonchev–Trinajstić information content (AvgIpc) is 2.35. The zero-order valence-corrected chi connectivity index (χ0v) is 10.8. The summed E-state index contributed by atoms with van der Waals surface area (Å²) in [5.41, 5.74) is 6.49. The van der Waals surface area contributed by atoms with E-state index in [-0.39, 0.29) is 11.9 Å². The molecule has 0 heterocycles. The van der Waals surface area contributed by atoms with E-state index in [1.165, 1.54) is 0 Å². The van der Waals surface area contributed by atoms with Crippen LogP contribution in [0.1, 0.15) is 36.0 Å². The molecule has 4 N–H and O–H groups in total. The molecule has 18 heavy (non-hydrogen) atoms. The van der Waals surface area contributed by atoms with Crippen LogP contribution in [0.2, 0.25) is 5.02 Å². The van der Waals surface area contributed by atoms with E-state index in [0.29, 0.717) is 16.3 Å². The molecule has 2 rings (SSSR count). The molecular weight excluding hydrogens is 252 g/mol. The third-order valence-corrected chi connectivity index (χ3v) is 3.61. The van der Waals surface area contributed by atoms with Crippen LogP contribution in [0.5, 0.6) is 0 Å². The van der Waals surface area contributed by atoms with E-state index >= 15 is 0 Å². The minimum atomic E-state index is -0.470. The van der Waals surface area contributed by atoms with Gasteiger partial charge in [-0.25, -0.2) is 0 Å². The van der Waals surface area contributed by atoms with Gasteiger partial charge in [0.05, 0.1) is 22.7 Å². The molecule has 0 aromatic heterocycles. The third kappa shape index (κ3) is 2.94. The summed E-state index contributed by atoms with van der Waals surface area (Å²) in [5.74, 6) is -0.279. The summed E-state index contributed by atoms with van der Waals surface area (Å²) in [6, 6.07) is 4.61. The SMILES string of the molecule is Nc1ccc(Cl)c(C(=O)N[C@H]2CCCC[C@@H]2O)c1. The lowest BCUT2D eigenvalue weighted by atomic mass is 9.92. The van der Waals surface area contributed by atoms with E-state index in [2.05, 4.69) is 5.32 Å². The molecular formula is C13H17ClN2O2. The van der Waals surface area contributed by atoms with Crippen molar-refractivity contribution in [3.8, 4) is 0 Å². The first-order chi connectivity index (χ1) is 8.58. The second-order valence-electron chi connectivity index (χ2n) is 4.67. The van der Waals surface area contributed by atoms with Crippen LogP contribution >= 0.6 is 11.6 Å². The number of rotatable bonds is 2. The molecule has 5 heteroatoms. The first kappa shape index (κ1) is 13.2. The van der Waals surface area contributed by atoms with Crippen LogP contribution in [0.3, 0.4) is 0 Å². The number of nitrogens with one attached hydrogen (secondary N) is 1. The van der Waals surface area contributed by atoms with Crippen LogP contribution in [0.25, 0.3) is 0 Å². The van der Waals surface area contributed by atoms with Crippen molar-refractivity contribution in [2.75, 3.05) is 5.73 Å². The highest BCUT2D eigenvalue weighted by molar-refractivity contribution is 6.34. The minimum absolute atomic E-state index is 0.191. The Morgan fingerprint density at radius 2 is 2.11 bits per heavy atom. The van der Waals surface area contributed by atoms with E-state index < -0.39 is 6.10 Å². The predicted octanol–water partition coefficient (Wildman–Crippen LogP) is 1.96. The van der Waals surface area contributed by atoms with E-state index in [4.69, 9.17) is 17.3 Å².